The number of rotatable bonds is 8. The van der Waals surface area contributed by atoms with Crippen molar-refractivity contribution in [3.63, 3.8) is 0 Å². The number of carbonyl (C=O) groups is 1. The van der Waals surface area contributed by atoms with E-state index in [1.54, 1.807) is 44.4 Å². The standard InChI is InChI=1S/C20H24F2N4O3/c1-23-18(27)14-6-4-5-13(9-14)11-25-20(24-2)26-12-15-10-16(28-3)7-8-17(15)29-19(21)22/h4-10,19H,11-12H2,1-3H3,(H,23,27)(H2,24,25,26). The fourth-order valence-electron chi connectivity index (χ4n) is 2.58. The number of guanidine groups is 1. The zero-order valence-electron chi connectivity index (χ0n) is 16.5. The number of hydrogen-bond acceptors (Lipinski definition) is 4. The van der Waals surface area contributed by atoms with E-state index in [9.17, 15) is 13.6 Å². The summed E-state index contributed by atoms with van der Waals surface area (Å²) in [5, 5.41) is 8.74. The molecule has 0 saturated carbocycles. The molecule has 2 aromatic rings. The molecule has 2 aromatic carbocycles. The van der Waals surface area contributed by atoms with Crippen LogP contribution in [-0.4, -0.2) is 39.7 Å². The number of aliphatic imine (C=N–C) groups is 1. The Morgan fingerprint density at radius 2 is 1.90 bits per heavy atom. The number of benzene rings is 2. The lowest BCUT2D eigenvalue weighted by atomic mass is 10.1. The van der Waals surface area contributed by atoms with E-state index < -0.39 is 6.61 Å². The van der Waals surface area contributed by atoms with Gasteiger partial charge in [0.2, 0.25) is 0 Å². The summed E-state index contributed by atoms with van der Waals surface area (Å²) in [7, 11) is 4.66. The number of amides is 1. The van der Waals surface area contributed by atoms with Crippen molar-refractivity contribution in [1.29, 1.82) is 0 Å². The molecular formula is C20H24F2N4O3. The van der Waals surface area contributed by atoms with Gasteiger partial charge in [-0.15, -0.1) is 0 Å². The summed E-state index contributed by atoms with van der Waals surface area (Å²) in [5.74, 6) is 0.875. The Morgan fingerprint density at radius 1 is 1.14 bits per heavy atom. The smallest absolute Gasteiger partial charge is 0.387 e. The van der Waals surface area contributed by atoms with Crippen LogP contribution >= 0.6 is 0 Å². The summed E-state index contributed by atoms with van der Waals surface area (Å²) in [5.41, 5.74) is 1.94. The van der Waals surface area contributed by atoms with Crippen molar-refractivity contribution in [2.45, 2.75) is 19.7 Å². The van der Waals surface area contributed by atoms with Crippen molar-refractivity contribution in [3.05, 3.63) is 59.2 Å². The summed E-state index contributed by atoms with van der Waals surface area (Å²) >= 11 is 0. The number of nitrogens with one attached hydrogen (secondary N) is 3. The Hall–Kier alpha value is -3.36. The van der Waals surface area contributed by atoms with E-state index in [1.807, 2.05) is 6.07 Å². The fourth-order valence-corrected chi connectivity index (χ4v) is 2.58. The monoisotopic (exact) mass is 406 g/mol. The molecule has 2 rings (SSSR count). The normalized spacial score (nSPS) is 11.2. The first-order valence-electron chi connectivity index (χ1n) is 8.84. The fraction of sp³-hybridized carbons (Fsp3) is 0.300. The predicted molar refractivity (Wildman–Crippen MR) is 106 cm³/mol. The molecule has 7 nitrogen and oxygen atoms in total. The molecule has 0 radical (unpaired) electrons. The van der Waals surface area contributed by atoms with E-state index in [-0.39, 0.29) is 18.2 Å². The second-order valence-electron chi connectivity index (χ2n) is 5.91. The Kier molecular flexibility index (Phi) is 8.20. The molecule has 0 unspecified atom stereocenters. The average Bonchev–Trinajstić information content (AvgIpc) is 2.74. The number of hydrogen-bond donors (Lipinski definition) is 3. The van der Waals surface area contributed by atoms with Crippen molar-refractivity contribution in [2.75, 3.05) is 21.2 Å². The van der Waals surface area contributed by atoms with Gasteiger partial charge in [-0.1, -0.05) is 12.1 Å². The van der Waals surface area contributed by atoms with Gasteiger partial charge < -0.3 is 25.4 Å². The molecular weight excluding hydrogens is 382 g/mol. The third kappa shape index (κ3) is 6.63. The first-order chi connectivity index (χ1) is 14.0. The number of methoxy groups -OCH3 is 1. The molecule has 0 spiro atoms. The van der Waals surface area contributed by atoms with Gasteiger partial charge in [0.25, 0.3) is 5.91 Å². The summed E-state index contributed by atoms with van der Waals surface area (Å²) in [6.45, 7) is -2.31. The second kappa shape index (κ2) is 10.8. The van der Waals surface area contributed by atoms with Crippen molar-refractivity contribution in [1.82, 2.24) is 16.0 Å². The van der Waals surface area contributed by atoms with Crippen LogP contribution < -0.4 is 25.4 Å². The Bertz CT molecular complexity index is 859. The van der Waals surface area contributed by atoms with Crippen molar-refractivity contribution in [2.24, 2.45) is 4.99 Å². The van der Waals surface area contributed by atoms with Crippen molar-refractivity contribution in [3.8, 4) is 11.5 Å². The number of halogens is 2. The molecule has 156 valence electrons. The van der Waals surface area contributed by atoms with E-state index >= 15 is 0 Å². The maximum atomic E-state index is 12.6. The zero-order chi connectivity index (χ0) is 21.2. The highest BCUT2D eigenvalue weighted by molar-refractivity contribution is 5.94. The van der Waals surface area contributed by atoms with Gasteiger partial charge >= 0.3 is 6.61 Å². The average molecular weight is 406 g/mol. The molecule has 0 heterocycles. The summed E-state index contributed by atoms with van der Waals surface area (Å²) < 4.78 is 35.0. The lowest BCUT2D eigenvalue weighted by molar-refractivity contribution is -0.0505. The lowest BCUT2D eigenvalue weighted by Crippen LogP contribution is -2.36. The minimum absolute atomic E-state index is 0.0574. The van der Waals surface area contributed by atoms with Crippen molar-refractivity contribution >= 4 is 11.9 Å². The van der Waals surface area contributed by atoms with Crippen LogP contribution in [-0.2, 0) is 13.1 Å². The Morgan fingerprint density at radius 3 is 2.55 bits per heavy atom. The highest BCUT2D eigenvalue weighted by Gasteiger charge is 2.12. The van der Waals surface area contributed by atoms with Gasteiger partial charge in [-0.25, -0.2) is 0 Å². The highest BCUT2D eigenvalue weighted by Crippen LogP contribution is 2.25. The van der Waals surface area contributed by atoms with Gasteiger partial charge in [-0.05, 0) is 35.9 Å². The largest absolute Gasteiger partial charge is 0.497 e. The van der Waals surface area contributed by atoms with Crippen LogP contribution in [0.25, 0.3) is 0 Å². The molecule has 9 heteroatoms. The van der Waals surface area contributed by atoms with Crippen LogP contribution in [0.3, 0.4) is 0 Å². The molecule has 0 aliphatic rings. The molecule has 29 heavy (non-hydrogen) atoms. The minimum Gasteiger partial charge on any atom is -0.497 e. The molecule has 0 aliphatic heterocycles. The summed E-state index contributed by atoms with van der Waals surface area (Å²) in [6, 6.07) is 11.8. The van der Waals surface area contributed by atoms with Crippen LogP contribution in [0.5, 0.6) is 11.5 Å². The van der Waals surface area contributed by atoms with Crippen LogP contribution in [0.4, 0.5) is 8.78 Å². The quantitative estimate of drug-likeness (QED) is 0.464. The second-order valence-corrected chi connectivity index (χ2v) is 5.91. The maximum Gasteiger partial charge on any atom is 0.387 e. The molecule has 0 aromatic heterocycles. The summed E-state index contributed by atoms with van der Waals surface area (Å²) in [4.78, 5) is 15.9. The first kappa shape index (κ1) is 21.9. The zero-order valence-corrected chi connectivity index (χ0v) is 16.5. The van der Waals surface area contributed by atoms with Crippen LogP contribution in [0.15, 0.2) is 47.5 Å². The summed E-state index contributed by atoms with van der Waals surface area (Å²) in [6.07, 6.45) is 0. The van der Waals surface area contributed by atoms with Gasteiger partial charge in [-0.2, -0.15) is 8.78 Å². The third-order valence-electron chi connectivity index (χ3n) is 4.03. The molecule has 0 aliphatic carbocycles. The molecule has 0 fully saturated rings. The molecule has 0 atom stereocenters. The van der Waals surface area contributed by atoms with E-state index in [0.717, 1.165) is 5.56 Å². The number of ether oxygens (including phenoxy) is 2. The molecule has 1 amide bonds. The SMILES string of the molecule is CN=C(NCc1cccc(C(=O)NC)c1)NCc1cc(OC)ccc1OC(F)F. The minimum atomic E-state index is -2.92. The number of nitrogens with zero attached hydrogens (tertiary/aromatic N) is 1. The van der Waals surface area contributed by atoms with Crippen molar-refractivity contribution < 1.29 is 23.0 Å². The van der Waals surface area contributed by atoms with Gasteiger partial charge in [0.15, 0.2) is 5.96 Å². The Balaban J connectivity index is 2.02. The number of alkyl halides is 2. The van der Waals surface area contributed by atoms with Gasteiger partial charge in [0.1, 0.15) is 11.5 Å². The highest BCUT2D eigenvalue weighted by atomic mass is 19.3. The topological polar surface area (TPSA) is 84.0 Å². The Labute approximate surface area is 168 Å². The van der Waals surface area contributed by atoms with Crippen LogP contribution in [0.1, 0.15) is 21.5 Å². The van der Waals surface area contributed by atoms with Crippen LogP contribution in [0.2, 0.25) is 0 Å². The van der Waals surface area contributed by atoms with E-state index in [2.05, 4.69) is 25.7 Å². The maximum absolute atomic E-state index is 12.6. The van der Waals surface area contributed by atoms with Crippen LogP contribution in [0, 0.1) is 0 Å². The third-order valence-corrected chi connectivity index (χ3v) is 4.03. The molecule has 0 bridgehead atoms. The number of carbonyl (C=O) groups excluding carboxylic acids is 1. The molecule has 0 saturated heterocycles. The van der Waals surface area contributed by atoms with E-state index in [0.29, 0.717) is 29.4 Å². The van der Waals surface area contributed by atoms with Gasteiger partial charge in [0, 0.05) is 38.3 Å². The van der Waals surface area contributed by atoms with E-state index in [1.165, 1.54) is 13.2 Å². The lowest BCUT2D eigenvalue weighted by Gasteiger charge is -2.15. The van der Waals surface area contributed by atoms with Gasteiger partial charge in [-0.3, -0.25) is 9.79 Å². The van der Waals surface area contributed by atoms with E-state index in [4.69, 9.17) is 4.74 Å². The first-order valence-corrected chi connectivity index (χ1v) is 8.84. The molecule has 3 N–H and O–H groups in total. The van der Waals surface area contributed by atoms with Gasteiger partial charge in [0.05, 0.1) is 7.11 Å². The predicted octanol–water partition coefficient (Wildman–Crippen LogP) is 2.52.